The first-order valence-electron chi connectivity index (χ1n) is 6.23. The van der Waals surface area contributed by atoms with E-state index in [0.29, 0.717) is 6.54 Å². The van der Waals surface area contributed by atoms with E-state index in [9.17, 15) is 9.18 Å². The van der Waals surface area contributed by atoms with E-state index in [-0.39, 0.29) is 16.1 Å². The summed E-state index contributed by atoms with van der Waals surface area (Å²) in [5.41, 5.74) is 5.29. The lowest BCUT2D eigenvalue weighted by atomic mass is 10.0. The Balaban J connectivity index is 2.78. The van der Waals surface area contributed by atoms with Crippen LogP contribution in [0.15, 0.2) is 12.3 Å². The van der Waals surface area contributed by atoms with Gasteiger partial charge in [-0.25, -0.2) is 9.37 Å². The zero-order valence-electron chi connectivity index (χ0n) is 11.5. The van der Waals surface area contributed by atoms with Crippen LogP contribution < -0.4 is 11.1 Å². The van der Waals surface area contributed by atoms with Gasteiger partial charge in [-0.2, -0.15) is 11.8 Å². The van der Waals surface area contributed by atoms with Crippen LogP contribution in [0.5, 0.6) is 0 Å². The molecule has 19 heavy (non-hydrogen) atoms. The summed E-state index contributed by atoms with van der Waals surface area (Å²) < 4.78 is 13.7. The molecule has 0 aliphatic carbocycles. The third kappa shape index (κ3) is 3.59. The van der Waals surface area contributed by atoms with Gasteiger partial charge >= 0.3 is 0 Å². The van der Waals surface area contributed by atoms with Crippen molar-refractivity contribution in [3.63, 3.8) is 0 Å². The zero-order valence-corrected chi connectivity index (χ0v) is 12.3. The van der Waals surface area contributed by atoms with Crippen molar-refractivity contribution in [2.45, 2.75) is 31.4 Å². The standard InChI is InChI=1S/C13H20FN3OS/c1-4-13(5-2,19-3)8-17-12(18)9-6-7-16-11(15)10(9)14/h6-7H,4-5,8H2,1-3H3,(H2,15,16)(H,17,18). The molecule has 0 bridgehead atoms. The summed E-state index contributed by atoms with van der Waals surface area (Å²) in [6.07, 6.45) is 5.22. The minimum absolute atomic E-state index is 0.00922. The number of carbonyl (C=O) groups excluding carboxylic acids is 1. The van der Waals surface area contributed by atoms with E-state index in [0.717, 1.165) is 12.8 Å². The molecule has 4 nitrogen and oxygen atoms in total. The second-order valence-corrected chi connectivity index (χ2v) is 5.61. The summed E-state index contributed by atoms with van der Waals surface area (Å²) in [4.78, 5) is 15.6. The molecule has 0 saturated carbocycles. The highest BCUT2D eigenvalue weighted by Crippen LogP contribution is 2.29. The lowest BCUT2D eigenvalue weighted by Gasteiger charge is -2.29. The van der Waals surface area contributed by atoms with Crippen molar-refractivity contribution in [2.75, 3.05) is 18.5 Å². The van der Waals surface area contributed by atoms with Crippen LogP contribution in [-0.2, 0) is 0 Å². The van der Waals surface area contributed by atoms with Crippen molar-refractivity contribution in [3.8, 4) is 0 Å². The van der Waals surface area contributed by atoms with Crippen LogP contribution in [0.2, 0.25) is 0 Å². The van der Waals surface area contributed by atoms with Gasteiger partial charge in [0.25, 0.3) is 5.91 Å². The second-order valence-electron chi connectivity index (χ2n) is 4.33. The van der Waals surface area contributed by atoms with Crippen LogP contribution in [0.25, 0.3) is 0 Å². The van der Waals surface area contributed by atoms with Gasteiger partial charge in [0.1, 0.15) is 0 Å². The largest absolute Gasteiger partial charge is 0.381 e. The van der Waals surface area contributed by atoms with Gasteiger partial charge in [-0.3, -0.25) is 4.79 Å². The third-order valence-electron chi connectivity index (χ3n) is 3.45. The lowest BCUT2D eigenvalue weighted by Crippen LogP contribution is -2.39. The molecule has 1 heterocycles. The van der Waals surface area contributed by atoms with Crippen molar-refractivity contribution in [2.24, 2.45) is 0 Å². The Kier molecular flexibility index (Phi) is 5.60. The fourth-order valence-electron chi connectivity index (χ4n) is 1.83. The average Bonchev–Trinajstić information content (AvgIpc) is 2.44. The Morgan fingerprint density at radius 3 is 2.68 bits per heavy atom. The van der Waals surface area contributed by atoms with Gasteiger partial charge in [0.15, 0.2) is 11.6 Å². The molecule has 3 N–H and O–H groups in total. The maximum Gasteiger partial charge on any atom is 0.254 e. The quantitative estimate of drug-likeness (QED) is 0.842. The average molecular weight is 285 g/mol. The first kappa shape index (κ1) is 15.8. The minimum Gasteiger partial charge on any atom is -0.381 e. The van der Waals surface area contributed by atoms with Gasteiger partial charge in [-0.15, -0.1) is 0 Å². The monoisotopic (exact) mass is 285 g/mol. The van der Waals surface area contributed by atoms with Gasteiger partial charge < -0.3 is 11.1 Å². The van der Waals surface area contributed by atoms with E-state index in [1.54, 1.807) is 11.8 Å². The molecule has 1 aromatic heterocycles. The number of anilines is 1. The summed E-state index contributed by atoms with van der Waals surface area (Å²) in [5.74, 6) is -1.47. The number of thioether (sulfide) groups is 1. The fraction of sp³-hybridized carbons (Fsp3) is 0.538. The van der Waals surface area contributed by atoms with Crippen molar-refractivity contribution in [1.82, 2.24) is 10.3 Å². The summed E-state index contributed by atoms with van der Waals surface area (Å²) in [5, 5.41) is 2.78. The molecule has 1 amide bonds. The molecule has 0 aliphatic rings. The van der Waals surface area contributed by atoms with Crippen molar-refractivity contribution >= 4 is 23.5 Å². The van der Waals surface area contributed by atoms with Crippen LogP contribution in [0.1, 0.15) is 37.0 Å². The summed E-state index contributed by atoms with van der Waals surface area (Å²) in [6, 6.07) is 1.33. The molecule has 0 unspecified atom stereocenters. The van der Waals surface area contributed by atoms with E-state index in [1.807, 2.05) is 6.26 Å². The molecule has 1 aromatic rings. The normalized spacial score (nSPS) is 11.4. The Morgan fingerprint density at radius 1 is 1.53 bits per heavy atom. The lowest BCUT2D eigenvalue weighted by molar-refractivity contribution is 0.0945. The molecule has 0 saturated heterocycles. The molecular weight excluding hydrogens is 265 g/mol. The maximum absolute atomic E-state index is 13.7. The summed E-state index contributed by atoms with van der Waals surface area (Å²) in [7, 11) is 0. The van der Waals surface area contributed by atoms with Crippen molar-refractivity contribution in [3.05, 3.63) is 23.6 Å². The number of amides is 1. The molecule has 0 aliphatic heterocycles. The number of halogens is 1. The highest BCUT2D eigenvalue weighted by Gasteiger charge is 2.26. The number of nitrogens with two attached hydrogens (primary N) is 1. The molecule has 0 atom stereocenters. The smallest absolute Gasteiger partial charge is 0.254 e. The van der Waals surface area contributed by atoms with Crippen LogP contribution in [0.4, 0.5) is 10.2 Å². The van der Waals surface area contributed by atoms with Gasteiger partial charge in [-0.05, 0) is 25.2 Å². The molecule has 1 rings (SSSR count). The Morgan fingerprint density at radius 2 is 2.16 bits per heavy atom. The number of aromatic nitrogens is 1. The van der Waals surface area contributed by atoms with E-state index in [2.05, 4.69) is 24.1 Å². The number of nitrogen functional groups attached to an aromatic ring is 1. The molecular formula is C13H20FN3OS. The van der Waals surface area contributed by atoms with Crippen LogP contribution in [-0.4, -0.2) is 28.4 Å². The first-order valence-corrected chi connectivity index (χ1v) is 7.45. The third-order valence-corrected chi connectivity index (χ3v) is 5.04. The highest BCUT2D eigenvalue weighted by molar-refractivity contribution is 8.00. The molecule has 0 aromatic carbocycles. The Hall–Kier alpha value is -1.30. The van der Waals surface area contributed by atoms with Gasteiger partial charge in [0, 0.05) is 17.5 Å². The maximum atomic E-state index is 13.7. The number of rotatable bonds is 6. The van der Waals surface area contributed by atoms with Crippen molar-refractivity contribution < 1.29 is 9.18 Å². The molecule has 6 heteroatoms. The fourth-order valence-corrected chi connectivity index (χ4v) is 2.63. The number of hydrogen-bond donors (Lipinski definition) is 2. The molecule has 0 spiro atoms. The van der Waals surface area contributed by atoms with Crippen LogP contribution in [0, 0.1) is 5.82 Å². The topological polar surface area (TPSA) is 68.0 Å². The van der Waals surface area contributed by atoms with E-state index in [1.165, 1.54) is 12.3 Å². The second kappa shape index (κ2) is 6.75. The summed E-state index contributed by atoms with van der Waals surface area (Å²) >= 11 is 1.72. The van der Waals surface area contributed by atoms with Crippen molar-refractivity contribution in [1.29, 1.82) is 0 Å². The van der Waals surface area contributed by atoms with E-state index in [4.69, 9.17) is 5.73 Å². The number of carbonyl (C=O) groups is 1. The Bertz CT molecular complexity index is 441. The van der Waals surface area contributed by atoms with Gasteiger partial charge in [-0.1, -0.05) is 13.8 Å². The Labute approximate surface area is 117 Å². The van der Waals surface area contributed by atoms with E-state index >= 15 is 0 Å². The number of nitrogens with zero attached hydrogens (tertiary/aromatic N) is 1. The molecule has 106 valence electrons. The van der Waals surface area contributed by atoms with Gasteiger partial charge in [0.05, 0.1) is 5.56 Å². The number of hydrogen-bond acceptors (Lipinski definition) is 4. The summed E-state index contributed by atoms with van der Waals surface area (Å²) in [6.45, 7) is 4.66. The minimum atomic E-state index is -0.761. The first-order chi connectivity index (χ1) is 8.99. The molecule has 0 fully saturated rings. The SMILES string of the molecule is CCC(CC)(CNC(=O)c1ccnc(N)c1F)SC. The zero-order chi connectivity index (χ0) is 14.5. The van der Waals surface area contributed by atoms with E-state index < -0.39 is 11.7 Å². The van der Waals surface area contributed by atoms with Crippen LogP contribution in [0.3, 0.4) is 0 Å². The molecule has 0 radical (unpaired) electrons. The highest BCUT2D eigenvalue weighted by atomic mass is 32.2. The predicted octanol–water partition coefficient (Wildman–Crippen LogP) is 2.45. The predicted molar refractivity (Wildman–Crippen MR) is 77.8 cm³/mol. The number of pyridine rings is 1. The van der Waals surface area contributed by atoms with Gasteiger partial charge in [0.2, 0.25) is 0 Å². The van der Waals surface area contributed by atoms with Crippen LogP contribution >= 0.6 is 11.8 Å². The number of nitrogens with one attached hydrogen (secondary N) is 1.